The molecule has 4 heteroatoms. The quantitative estimate of drug-likeness (QED) is 0.780. The van der Waals surface area contributed by atoms with Crippen molar-refractivity contribution in [3.8, 4) is 0 Å². The van der Waals surface area contributed by atoms with Gasteiger partial charge in [-0.25, -0.2) is 0 Å². The maximum Gasteiger partial charge on any atom is 0.286 e. The molecule has 0 radical (unpaired) electrons. The Bertz CT molecular complexity index is 605. The van der Waals surface area contributed by atoms with Crippen LogP contribution in [0.3, 0.4) is 0 Å². The summed E-state index contributed by atoms with van der Waals surface area (Å²) < 4.78 is 0. The van der Waals surface area contributed by atoms with Crippen molar-refractivity contribution in [2.75, 3.05) is 13.1 Å². The Balaban J connectivity index is 2.16. The van der Waals surface area contributed by atoms with Crippen molar-refractivity contribution >= 4 is 28.9 Å². The molecule has 0 saturated heterocycles. The number of carbonyl (C=O) groups is 1. The zero-order valence-corrected chi connectivity index (χ0v) is 14.8. The molecule has 1 aromatic rings. The number of amides is 1. The lowest BCUT2D eigenvalue weighted by molar-refractivity contribution is -0.113. The Morgan fingerprint density at radius 2 is 1.73 bits per heavy atom. The van der Waals surface area contributed by atoms with Gasteiger partial charge in [0.25, 0.3) is 5.91 Å². The Labute approximate surface area is 137 Å². The Morgan fingerprint density at radius 3 is 2.23 bits per heavy atom. The number of benzene rings is 1. The number of hydrogen-bond donors (Lipinski definition) is 0. The average molecular weight is 316 g/mol. The third-order valence-corrected chi connectivity index (χ3v) is 4.76. The normalized spacial score (nSPS) is 17.0. The summed E-state index contributed by atoms with van der Waals surface area (Å²) in [6, 6.07) is 8.39. The zero-order chi connectivity index (χ0) is 16.3. The van der Waals surface area contributed by atoms with Gasteiger partial charge in [0.05, 0.1) is 4.91 Å². The smallest absolute Gasteiger partial charge is 0.286 e. The van der Waals surface area contributed by atoms with Crippen LogP contribution in [-0.2, 0) is 10.2 Å². The first-order chi connectivity index (χ1) is 10.3. The van der Waals surface area contributed by atoms with Crippen molar-refractivity contribution < 1.29 is 4.79 Å². The standard InChI is InChI=1S/C18H24N2OS/c1-6-20(7-2)17-19-16(21)15(22-17)12-13-8-10-14(11-9-13)18(3,4)5/h8-12H,6-7H2,1-5H3. The lowest BCUT2D eigenvalue weighted by Crippen LogP contribution is -2.26. The lowest BCUT2D eigenvalue weighted by atomic mass is 9.87. The minimum Gasteiger partial charge on any atom is -0.351 e. The largest absolute Gasteiger partial charge is 0.351 e. The number of amidine groups is 1. The molecule has 1 heterocycles. The van der Waals surface area contributed by atoms with Crippen LogP contribution in [0.5, 0.6) is 0 Å². The second kappa shape index (κ2) is 6.69. The van der Waals surface area contributed by atoms with Crippen molar-refractivity contribution in [3.63, 3.8) is 0 Å². The van der Waals surface area contributed by atoms with Gasteiger partial charge in [0.15, 0.2) is 5.17 Å². The maximum atomic E-state index is 12.0. The van der Waals surface area contributed by atoms with Gasteiger partial charge in [-0.2, -0.15) is 4.99 Å². The molecule has 1 aliphatic heterocycles. The highest BCUT2D eigenvalue weighted by molar-refractivity contribution is 8.18. The van der Waals surface area contributed by atoms with Gasteiger partial charge in [-0.15, -0.1) is 0 Å². The van der Waals surface area contributed by atoms with Crippen molar-refractivity contribution in [2.45, 2.75) is 40.0 Å². The summed E-state index contributed by atoms with van der Waals surface area (Å²) in [5, 5.41) is 0.813. The highest BCUT2D eigenvalue weighted by atomic mass is 32.2. The van der Waals surface area contributed by atoms with Gasteiger partial charge in [-0.05, 0) is 48.2 Å². The molecule has 0 unspecified atom stereocenters. The van der Waals surface area contributed by atoms with E-state index in [-0.39, 0.29) is 11.3 Å². The van der Waals surface area contributed by atoms with Gasteiger partial charge in [-0.1, -0.05) is 45.0 Å². The van der Waals surface area contributed by atoms with E-state index in [4.69, 9.17) is 0 Å². The number of thioether (sulfide) groups is 1. The van der Waals surface area contributed by atoms with E-state index in [9.17, 15) is 4.79 Å². The molecule has 0 aromatic heterocycles. The molecule has 0 fully saturated rings. The first-order valence-electron chi connectivity index (χ1n) is 7.73. The van der Waals surface area contributed by atoms with Crippen LogP contribution in [0.1, 0.15) is 45.7 Å². The van der Waals surface area contributed by atoms with Crippen LogP contribution in [-0.4, -0.2) is 29.1 Å². The third-order valence-electron chi connectivity index (χ3n) is 3.72. The molecule has 1 amide bonds. The summed E-state index contributed by atoms with van der Waals surface area (Å²) in [5.74, 6) is -0.133. The number of nitrogens with zero attached hydrogens (tertiary/aromatic N) is 2. The first kappa shape index (κ1) is 16.8. The van der Waals surface area contributed by atoms with Crippen molar-refractivity contribution in [3.05, 3.63) is 40.3 Å². The molecular weight excluding hydrogens is 292 g/mol. The minimum atomic E-state index is -0.133. The Kier molecular flexibility index (Phi) is 5.12. The Morgan fingerprint density at radius 1 is 1.14 bits per heavy atom. The van der Waals surface area contributed by atoms with E-state index in [1.807, 2.05) is 6.08 Å². The summed E-state index contributed by atoms with van der Waals surface area (Å²) in [7, 11) is 0. The van der Waals surface area contributed by atoms with E-state index in [0.717, 1.165) is 23.8 Å². The van der Waals surface area contributed by atoms with E-state index >= 15 is 0 Å². The molecule has 0 spiro atoms. The second-order valence-electron chi connectivity index (χ2n) is 6.35. The summed E-state index contributed by atoms with van der Waals surface area (Å²) in [4.78, 5) is 19.0. The topological polar surface area (TPSA) is 32.7 Å². The van der Waals surface area contributed by atoms with Gasteiger partial charge >= 0.3 is 0 Å². The molecule has 0 atom stereocenters. The van der Waals surface area contributed by atoms with E-state index in [1.54, 1.807) is 0 Å². The van der Waals surface area contributed by atoms with Crippen LogP contribution in [0.15, 0.2) is 34.2 Å². The summed E-state index contributed by atoms with van der Waals surface area (Å²) in [6.07, 6.45) is 1.93. The number of rotatable bonds is 3. The Hall–Kier alpha value is -1.55. The molecule has 1 aliphatic rings. The summed E-state index contributed by atoms with van der Waals surface area (Å²) >= 11 is 1.47. The van der Waals surface area contributed by atoms with Crippen LogP contribution in [0.4, 0.5) is 0 Å². The van der Waals surface area contributed by atoms with Crippen LogP contribution in [0.2, 0.25) is 0 Å². The highest BCUT2D eigenvalue weighted by Crippen LogP contribution is 2.30. The van der Waals surface area contributed by atoms with Crippen molar-refractivity contribution in [1.82, 2.24) is 4.90 Å². The van der Waals surface area contributed by atoms with Gasteiger partial charge in [0, 0.05) is 13.1 Å². The molecule has 3 nitrogen and oxygen atoms in total. The number of carbonyl (C=O) groups excluding carboxylic acids is 1. The molecule has 0 saturated carbocycles. The van der Waals surface area contributed by atoms with Gasteiger partial charge < -0.3 is 4.90 Å². The molecular formula is C18H24N2OS. The van der Waals surface area contributed by atoms with Crippen LogP contribution < -0.4 is 0 Å². The van der Waals surface area contributed by atoms with Gasteiger partial charge in [0.2, 0.25) is 0 Å². The fourth-order valence-corrected chi connectivity index (χ4v) is 3.30. The van der Waals surface area contributed by atoms with E-state index in [1.165, 1.54) is 17.3 Å². The average Bonchev–Trinajstić information content (AvgIpc) is 2.81. The predicted molar refractivity (Wildman–Crippen MR) is 96.1 cm³/mol. The first-order valence-corrected chi connectivity index (χ1v) is 8.55. The van der Waals surface area contributed by atoms with Crippen LogP contribution in [0.25, 0.3) is 6.08 Å². The fraction of sp³-hybridized carbons (Fsp3) is 0.444. The minimum absolute atomic E-state index is 0.133. The summed E-state index contributed by atoms with van der Waals surface area (Å²) in [6.45, 7) is 12.5. The fourth-order valence-electron chi connectivity index (χ4n) is 2.26. The third kappa shape index (κ3) is 3.80. The van der Waals surface area contributed by atoms with Gasteiger partial charge in [-0.3, -0.25) is 4.79 Å². The van der Waals surface area contributed by atoms with E-state index in [2.05, 4.69) is 68.8 Å². The molecule has 1 aromatic carbocycles. The zero-order valence-electron chi connectivity index (χ0n) is 14.0. The van der Waals surface area contributed by atoms with Gasteiger partial charge in [0.1, 0.15) is 0 Å². The van der Waals surface area contributed by atoms with E-state index in [0.29, 0.717) is 4.91 Å². The molecule has 2 rings (SSSR count). The maximum absolute atomic E-state index is 12.0. The second-order valence-corrected chi connectivity index (χ2v) is 7.36. The molecule has 118 valence electrons. The lowest BCUT2D eigenvalue weighted by Gasteiger charge is -2.19. The van der Waals surface area contributed by atoms with Crippen LogP contribution in [0, 0.1) is 0 Å². The molecule has 0 N–H and O–H groups in total. The van der Waals surface area contributed by atoms with E-state index < -0.39 is 0 Å². The predicted octanol–water partition coefficient (Wildman–Crippen LogP) is 4.30. The van der Waals surface area contributed by atoms with Crippen LogP contribution >= 0.6 is 11.8 Å². The molecule has 0 aliphatic carbocycles. The molecule has 22 heavy (non-hydrogen) atoms. The number of hydrogen-bond acceptors (Lipinski definition) is 3. The highest BCUT2D eigenvalue weighted by Gasteiger charge is 2.24. The number of aliphatic imine (C=N–C) groups is 1. The summed E-state index contributed by atoms with van der Waals surface area (Å²) in [5.41, 5.74) is 2.47. The molecule has 0 bridgehead atoms. The van der Waals surface area contributed by atoms with Crippen molar-refractivity contribution in [1.29, 1.82) is 0 Å². The monoisotopic (exact) mass is 316 g/mol. The van der Waals surface area contributed by atoms with Crippen molar-refractivity contribution in [2.24, 2.45) is 4.99 Å². The SMILES string of the molecule is CCN(CC)C1=NC(=O)C(=Cc2ccc(C(C)(C)C)cc2)S1.